The summed E-state index contributed by atoms with van der Waals surface area (Å²) in [6.07, 6.45) is 3.36. The molecular weight excluding hydrogens is 192 g/mol. The summed E-state index contributed by atoms with van der Waals surface area (Å²) < 4.78 is 1.66. The van der Waals surface area contributed by atoms with Crippen molar-refractivity contribution in [2.45, 2.75) is 12.8 Å². The molecule has 1 aromatic rings. The third kappa shape index (κ3) is 2.56. The second-order valence-corrected chi connectivity index (χ2v) is 3.95. The average Bonchev–Trinajstić information content (AvgIpc) is 2.79. The van der Waals surface area contributed by atoms with Gasteiger partial charge >= 0.3 is 0 Å². The van der Waals surface area contributed by atoms with Crippen LogP contribution >= 0.6 is 0 Å². The van der Waals surface area contributed by atoms with Crippen LogP contribution in [0.4, 0.5) is 5.82 Å². The van der Waals surface area contributed by atoms with Crippen molar-refractivity contribution in [3.05, 3.63) is 12.3 Å². The van der Waals surface area contributed by atoms with E-state index in [2.05, 4.69) is 15.7 Å². The molecule has 2 heterocycles. The topological polar surface area (TPSA) is 59.0 Å². The Morgan fingerprint density at radius 3 is 3.27 bits per heavy atom. The lowest BCUT2D eigenvalue weighted by molar-refractivity contribution is -0.117. The molecule has 0 radical (unpaired) electrons. The minimum atomic E-state index is 0.0762. The average molecular weight is 208 g/mol. The van der Waals surface area contributed by atoms with Gasteiger partial charge in [0.25, 0.3) is 0 Å². The molecule has 1 amide bonds. The van der Waals surface area contributed by atoms with Gasteiger partial charge in [-0.25, -0.2) is 0 Å². The molecule has 1 aromatic heterocycles. The predicted molar refractivity (Wildman–Crippen MR) is 57.4 cm³/mol. The normalized spacial score (nSPS) is 20.5. The van der Waals surface area contributed by atoms with E-state index in [1.165, 1.54) is 0 Å². The highest BCUT2D eigenvalue weighted by Crippen LogP contribution is 2.13. The monoisotopic (exact) mass is 208 g/mol. The number of rotatable bonds is 3. The summed E-state index contributed by atoms with van der Waals surface area (Å²) in [5, 5.41) is 10.1. The second kappa shape index (κ2) is 4.44. The number of hydrogen-bond acceptors (Lipinski definition) is 3. The van der Waals surface area contributed by atoms with Crippen molar-refractivity contribution >= 4 is 11.7 Å². The van der Waals surface area contributed by atoms with Crippen LogP contribution in [0.3, 0.4) is 0 Å². The van der Waals surface area contributed by atoms with E-state index in [4.69, 9.17) is 0 Å². The zero-order valence-corrected chi connectivity index (χ0v) is 8.86. The van der Waals surface area contributed by atoms with Crippen molar-refractivity contribution in [2.24, 2.45) is 13.0 Å². The Bertz CT molecular complexity index is 341. The van der Waals surface area contributed by atoms with Crippen molar-refractivity contribution < 1.29 is 4.79 Å². The van der Waals surface area contributed by atoms with Crippen LogP contribution in [-0.4, -0.2) is 28.8 Å². The first-order valence-corrected chi connectivity index (χ1v) is 5.24. The summed E-state index contributed by atoms with van der Waals surface area (Å²) in [7, 11) is 1.81. The Balaban J connectivity index is 1.84. The number of aromatic nitrogens is 2. The van der Waals surface area contributed by atoms with E-state index in [1.54, 1.807) is 16.9 Å². The molecule has 15 heavy (non-hydrogen) atoms. The van der Waals surface area contributed by atoms with E-state index < -0.39 is 0 Å². The van der Waals surface area contributed by atoms with Gasteiger partial charge in [0.15, 0.2) is 0 Å². The van der Waals surface area contributed by atoms with E-state index in [-0.39, 0.29) is 5.91 Å². The maximum Gasteiger partial charge on any atom is 0.225 e. The number of nitrogens with one attached hydrogen (secondary N) is 2. The molecule has 0 bridgehead atoms. The molecule has 1 unspecified atom stereocenters. The summed E-state index contributed by atoms with van der Waals surface area (Å²) >= 11 is 0. The van der Waals surface area contributed by atoms with Crippen LogP contribution in [-0.2, 0) is 11.8 Å². The lowest BCUT2D eigenvalue weighted by atomic mass is 10.0. The fourth-order valence-electron chi connectivity index (χ4n) is 1.84. The van der Waals surface area contributed by atoms with Gasteiger partial charge in [0.05, 0.1) is 6.20 Å². The van der Waals surface area contributed by atoms with E-state index in [0.29, 0.717) is 12.3 Å². The first-order valence-electron chi connectivity index (χ1n) is 5.24. The second-order valence-electron chi connectivity index (χ2n) is 3.95. The summed E-state index contributed by atoms with van der Waals surface area (Å²) in [4.78, 5) is 11.6. The van der Waals surface area contributed by atoms with E-state index in [1.807, 2.05) is 7.05 Å². The molecule has 1 saturated heterocycles. The van der Waals surface area contributed by atoms with Crippen molar-refractivity contribution in [3.8, 4) is 0 Å². The molecule has 1 fully saturated rings. The highest BCUT2D eigenvalue weighted by Gasteiger charge is 2.18. The molecule has 5 heteroatoms. The van der Waals surface area contributed by atoms with Crippen LogP contribution in [0.1, 0.15) is 12.8 Å². The zero-order chi connectivity index (χ0) is 10.7. The number of hydrogen-bond donors (Lipinski definition) is 2. The highest BCUT2D eigenvalue weighted by molar-refractivity contribution is 5.89. The molecule has 2 rings (SSSR count). The van der Waals surface area contributed by atoms with Gasteiger partial charge in [-0.3, -0.25) is 9.48 Å². The first kappa shape index (κ1) is 10.2. The quantitative estimate of drug-likeness (QED) is 0.754. The lowest BCUT2D eigenvalue weighted by Crippen LogP contribution is -2.19. The Labute approximate surface area is 88.8 Å². The molecule has 0 spiro atoms. The number of carbonyl (C=O) groups excluding carboxylic acids is 1. The van der Waals surface area contributed by atoms with Crippen molar-refractivity contribution in [1.29, 1.82) is 0 Å². The Morgan fingerprint density at radius 2 is 2.67 bits per heavy atom. The molecule has 5 nitrogen and oxygen atoms in total. The van der Waals surface area contributed by atoms with Crippen LogP contribution in [0, 0.1) is 5.92 Å². The molecule has 1 aliphatic rings. The third-order valence-corrected chi connectivity index (χ3v) is 2.72. The molecule has 82 valence electrons. The van der Waals surface area contributed by atoms with Crippen LogP contribution in [0.15, 0.2) is 12.3 Å². The molecular formula is C10H16N4O. The predicted octanol–water partition coefficient (Wildman–Crippen LogP) is 0.358. The van der Waals surface area contributed by atoms with Crippen LogP contribution in [0.25, 0.3) is 0 Å². The van der Waals surface area contributed by atoms with Gasteiger partial charge in [0, 0.05) is 19.5 Å². The van der Waals surface area contributed by atoms with Crippen molar-refractivity contribution in [1.82, 2.24) is 15.1 Å². The number of anilines is 1. The fraction of sp³-hybridized carbons (Fsp3) is 0.600. The summed E-state index contributed by atoms with van der Waals surface area (Å²) in [6.45, 7) is 1.99. The van der Waals surface area contributed by atoms with Crippen molar-refractivity contribution in [2.75, 3.05) is 18.4 Å². The number of carbonyl (C=O) groups is 1. The highest BCUT2D eigenvalue weighted by atomic mass is 16.1. The number of aryl methyl sites for hydroxylation is 1. The van der Waals surface area contributed by atoms with E-state index in [0.717, 1.165) is 25.3 Å². The van der Waals surface area contributed by atoms with Crippen LogP contribution in [0.2, 0.25) is 0 Å². The molecule has 0 aliphatic carbocycles. The number of amides is 1. The summed E-state index contributed by atoms with van der Waals surface area (Å²) in [5.74, 6) is 1.32. The first-order chi connectivity index (χ1) is 7.25. The van der Waals surface area contributed by atoms with E-state index >= 15 is 0 Å². The molecule has 2 N–H and O–H groups in total. The minimum Gasteiger partial charge on any atom is -0.316 e. The van der Waals surface area contributed by atoms with Crippen LogP contribution < -0.4 is 10.6 Å². The SMILES string of the molecule is Cn1nccc1NC(=O)CC1CCNC1. The Kier molecular flexibility index (Phi) is 3.01. The summed E-state index contributed by atoms with van der Waals surface area (Å²) in [6, 6.07) is 1.80. The van der Waals surface area contributed by atoms with Gasteiger partial charge in [-0.1, -0.05) is 0 Å². The van der Waals surface area contributed by atoms with Gasteiger partial charge in [-0.2, -0.15) is 5.10 Å². The minimum absolute atomic E-state index is 0.0762. The van der Waals surface area contributed by atoms with Crippen LogP contribution in [0.5, 0.6) is 0 Å². The van der Waals surface area contributed by atoms with E-state index in [9.17, 15) is 4.79 Å². The maximum atomic E-state index is 11.6. The zero-order valence-electron chi connectivity index (χ0n) is 8.86. The largest absolute Gasteiger partial charge is 0.316 e. The molecule has 0 saturated carbocycles. The molecule has 0 aromatic carbocycles. The van der Waals surface area contributed by atoms with Gasteiger partial charge < -0.3 is 10.6 Å². The maximum absolute atomic E-state index is 11.6. The van der Waals surface area contributed by atoms with Gasteiger partial charge in [0.1, 0.15) is 5.82 Å². The summed E-state index contributed by atoms with van der Waals surface area (Å²) in [5.41, 5.74) is 0. The Morgan fingerprint density at radius 1 is 1.80 bits per heavy atom. The molecule has 1 atom stereocenters. The van der Waals surface area contributed by atoms with Gasteiger partial charge in [-0.05, 0) is 25.4 Å². The lowest BCUT2D eigenvalue weighted by Gasteiger charge is -2.08. The Hall–Kier alpha value is -1.36. The van der Waals surface area contributed by atoms with Gasteiger partial charge in [0.2, 0.25) is 5.91 Å². The standard InChI is InChI=1S/C10H16N4O/c1-14-9(3-5-12-14)13-10(15)6-8-2-4-11-7-8/h3,5,8,11H,2,4,6-7H2,1H3,(H,13,15). The van der Waals surface area contributed by atoms with Gasteiger partial charge in [-0.15, -0.1) is 0 Å². The molecule has 1 aliphatic heterocycles. The third-order valence-electron chi connectivity index (χ3n) is 2.72. The smallest absolute Gasteiger partial charge is 0.225 e. The fourth-order valence-corrected chi connectivity index (χ4v) is 1.84. The number of nitrogens with zero attached hydrogens (tertiary/aromatic N) is 2. The van der Waals surface area contributed by atoms with Crippen molar-refractivity contribution in [3.63, 3.8) is 0 Å².